The zero-order valence-electron chi connectivity index (χ0n) is 16.4. The van der Waals surface area contributed by atoms with E-state index in [9.17, 15) is 9.59 Å². The molecular formula is C22H19N3O5. The second kappa shape index (κ2) is 8.12. The van der Waals surface area contributed by atoms with Gasteiger partial charge in [0.05, 0.1) is 13.7 Å². The second-order valence-corrected chi connectivity index (χ2v) is 6.36. The number of pyridine rings is 1. The molecule has 2 N–H and O–H groups in total. The number of Topliss-reactive ketones (excluding diaryl/α,β-unsaturated/α-hetero) is 1. The van der Waals surface area contributed by atoms with Gasteiger partial charge in [-0.15, -0.1) is 0 Å². The highest BCUT2D eigenvalue weighted by molar-refractivity contribution is 6.26. The number of aromatic nitrogens is 2. The zero-order valence-corrected chi connectivity index (χ0v) is 16.4. The quantitative estimate of drug-likeness (QED) is 0.368. The largest absolute Gasteiger partial charge is 0.497 e. The number of esters is 1. The molecule has 3 aromatic rings. The van der Waals surface area contributed by atoms with Gasteiger partial charge >= 0.3 is 5.97 Å². The van der Waals surface area contributed by atoms with Gasteiger partial charge < -0.3 is 24.5 Å². The van der Waals surface area contributed by atoms with E-state index in [2.05, 4.69) is 15.3 Å². The van der Waals surface area contributed by atoms with Crippen LogP contribution < -0.4 is 10.1 Å². The summed E-state index contributed by atoms with van der Waals surface area (Å²) in [4.78, 5) is 32.6. The van der Waals surface area contributed by atoms with E-state index in [1.807, 2.05) is 6.07 Å². The fourth-order valence-electron chi connectivity index (χ4n) is 3.05. The molecule has 8 nitrogen and oxygen atoms in total. The monoisotopic (exact) mass is 405 g/mol. The van der Waals surface area contributed by atoms with Crippen molar-refractivity contribution in [3.8, 4) is 5.75 Å². The SMILES string of the molecule is CCOC(=O)C1=C(Nc2ccc(OC)cc2)OC(=Cc2c[nH]c3ncccc23)C1=O. The molecule has 30 heavy (non-hydrogen) atoms. The molecule has 1 aliphatic heterocycles. The molecule has 0 saturated heterocycles. The first-order chi connectivity index (χ1) is 14.6. The molecule has 0 spiro atoms. The Balaban J connectivity index is 1.68. The summed E-state index contributed by atoms with van der Waals surface area (Å²) in [7, 11) is 1.57. The smallest absolute Gasteiger partial charge is 0.347 e. The van der Waals surface area contributed by atoms with Crippen molar-refractivity contribution in [1.82, 2.24) is 9.97 Å². The Hall–Kier alpha value is -4.07. The number of ether oxygens (including phenoxy) is 3. The summed E-state index contributed by atoms with van der Waals surface area (Å²) in [6, 6.07) is 10.7. The number of allylic oxidation sites excluding steroid dienone is 1. The van der Waals surface area contributed by atoms with E-state index >= 15 is 0 Å². The van der Waals surface area contributed by atoms with Crippen molar-refractivity contribution in [2.45, 2.75) is 6.92 Å². The molecule has 4 rings (SSSR count). The number of carbonyl (C=O) groups is 2. The molecule has 2 aromatic heterocycles. The van der Waals surface area contributed by atoms with Gasteiger partial charge in [-0.1, -0.05) is 0 Å². The number of hydrogen-bond donors (Lipinski definition) is 2. The Bertz CT molecular complexity index is 1170. The van der Waals surface area contributed by atoms with Crippen molar-refractivity contribution in [2.75, 3.05) is 19.0 Å². The van der Waals surface area contributed by atoms with E-state index in [1.54, 1.807) is 62.8 Å². The van der Waals surface area contributed by atoms with Crippen molar-refractivity contribution in [3.63, 3.8) is 0 Å². The molecule has 1 aromatic carbocycles. The molecule has 8 heteroatoms. The van der Waals surface area contributed by atoms with Gasteiger partial charge in [-0.05, 0) is 49.4 Å². The highest BCUT2D eigenvalue weighted by Gasteiger charge is 2.37. The van der Waals surface area contributed by atoms with Crippen LogP contribution >= 0.6 is 0 Å². The first-order valence-corrected chi connectivity index (χ1v) is 9.29. The number of nitrogens with one attached hydrogen (secondary N) is 2. The lowest BCUT2D eigenvalue weighted by molar-refractivity contribution is -0.139. The predicted molar refractivity (Wildman–Crippen MR) is 110 cm³/mol. The van der Waals surface area contributed by atoms with Crippen LogP contribution in [0.4, 0.5) is 5.69 Å². The van der Waals surface area contributed by atoms with E-state index in [4.69, 9.17) is 14.2 Å². The van der Waals surface area contributed by atoms with Crippen LogP contribution in [0, 0.1) is 0 Å². The molecule has 0 bridgehead atoms. The predicted octanol–water partition coefficient (Wildman–Crippen LogP) is 3.40. The standard InChI is InChI=1S/C22H19N3O5/c1-3-29-22(27)18-19(26)17(11-13-12-24-20-16(13)5-4-10-23-20)30-21(18)25-14-6-8-15(28-2)9-7-14/h4-12,25H,3H2,1-2H3,(H,23,24). The Labute approximate surface area is 172 Å². The fraction of sp³-hybridized carbons (Fsp3) is 0.136. The van der Waals surface area contributed by atoms with Crippen LogP contribution in [0.3, 0.4) is 0 Å². The third-order valence-corrected chi connectivity index (χ3v) is 4.49. The highest BCUT2D eigenvalue weighted by atomic mass is 16.5. The molecule has 1 aliphatic rings. The molecule has 0 saturated carbocycles. The zero-order chi connectivity index (χ0) is 21.1. The van der Waals surface area contributed by atoms with Crippen molar-refractivity contribution >= 4 is 34.5 Å². The summed E-state index contributed by atoms with van der Waals surface area (Å²) in [5, 5.41) is 3.81. The number of rotatable bonds is 6. The molecule has 0 atom stereocenters. The fourth-order valence-corrected chi connectivity index (χ4v) is 3.05. The normalized spacial score (nSPS) is 14.9. The maximum Gasteiger partial charge on any atom is 0.347 e. The minimum absolute atomic E-state index is 0.0128. The number of aromatic amines is 1. The van der Waals surface area contributed by atoms with Crippen LogP contribution in [0.1, 0.15) is 12.5 Å². The highest BCUT2D eigenvalue weighted by Crippen LogP contribution is 2.30. The van der Waals surface area contributed by atoms with Gasteiger partial charge in [0.15, 0.2) is 11.3 Å². The number of hydrogen-bond acceptors (Lipinski definition) is 7. The Morgan fingerprint density at radius 2 is 2.07 bits per heavy atom. The average molecular weight is 405 g/mol. The van der Waals surface area contributed by atoms with Crippen molar-refractivity contribution in [2.24, 2.45) is 0 Å². The number of anilines is 1. The Morgan fingerprint density at radius 3 is 2.80 bits per heavy atom. The Morgan fingerprint density at radius 1 is 1.27 bits per heavy atom. The van der Waals surface area contributed by atoms with Gasteiger partial charge in [0.2, 0.25) is 11.7 Å². The van der Waals surface area contributed by atoms with E-state index in [-0.39, 0.29) is 23.8 Å². The van der Waals surface area contributed by atoms with Gasteiger partial charge in [0.1, 0.15) is 11.4 Å². The summed E-state index contributed by atoms with van der Waals surface area (Å²) < 4.78 is 15.9. The average Bonchev–Trinajstić information content (AvgIpc) is 3.30. The van der Waals surface area contributed by atoms with Crippen LogP contribution in [0.2, 0.25) is 0 Å². The van der Waals surface area contributed by atoms with Gasteiger partial charge in [0.25, 0.3) is 0 Å². The van der Waals surface area contributed by atoms with Crippen LogP contribution in [0.25, 0.3) is 17.1 Å². The van der Waals surface area contributed by atoms with Crippen molar-refractivity contribution < 1.29 is 23.8 Å². The van der Waals surface area contributed by atoms with Gasteiger partial charge in [-0.25, -0.2) is 9.78 Å². The third-order valence-electron chi connectivity index (χ3n) is 4.49. The topological polar surface area (TPSA) is 103 Å². The lowest BCUT2D eigenvalue weighted by Crippen LogP contribution is -2.16. The number of benzene rings is 1. The molecule has 0 amide bonds. The summed E-state index contributed by atoms with van der Waals surface area (Å²) >= 11 is 0. The summed E-state index contributed by atoms with van der Waals surface area (Å²) in [5.41, 5.74) is 1.84. The second-order valence-electron chi connectivity index (χ2n) is 6.36. The minimum atomic E-state index is -0.748. The summed E-state index contributed by atoms with van der Waals surface area (Å²) in [5.74, 6) is -0.589. The maximum atomic E-state index is 12.9. The minimum Gasteiger partial charge on any atom is -0.497 e. The summed E-state index contributed by atoms with van der Waals surface area (Å²) in [6.45, 7) is 1.81. The molecular weight excluding hydrogens is 386 g/mol. The molecule has 3 heterocycles. The van der Waals surface area contributed by atoms with Gasteiger partial charge in [0, 0.05) is 29.0 Å². The molecule has 152 valence electrons. The lowest BCUT2D eigenvalue weighted by atomic mass is 10.1. The van der Waals surface area contributed by atoms with Crippen LogP contribution in [0.5, 0.6) is 5.75 Å². The van der Waals surface area contributed by atoms with E-state index in [1.165, 1.54) is 0 Å². The van der Waals surface area contributed by atoms with Gasteiger partial charge in [-0.2, -0.15) is 0 Å². The lowest BCUT2D eigenvalue weighted by Gasteiger charge is -2.09. The van der Waals surface area contributed by atoms with Gasteiger partial charge in [-0.3, -0.25) is 4.79 Å². The number of carbonyl (C=O) groups excluding carboxylic acids is 2. The molecule has 0 fully saturated rings. The summed E-state index contributed by atoms with van der Waals surface area (Å²) in [6.07, 6.45) is 4.97. The molecule has 0 aliphatic carbocycles. The number of fused-ring (bicyclic) bond motifs is 1. The third kappa shape index (κ3) is 3.62. The Kier molecular flexibility index (Phi) is 5.21. The number of methoxy groups -OCH3 is 1. The van der Waals surface area contributed by atoms with Crippen LogP contribution in [-0.2, 0) is 19.1 Å². The maximum absolute atomic E-state index is 12.9. The van der Waals surface area contributed by atoms with Crippen LogP contribution in [-0.4, -0.2) is 35.4 Å². The first-order valence-electron chi connectivity index (χ1n) is 9.29. The number of H-pyrrole nitrogens is 1. The first kappa shape index (κ1) is 19.3. The number of ketones is 1. The van der Waals surface area contributed by atoms with E-state index in [0.29, 0.717) is 17.1 Å². The number of nitrogens with zero attached hydrogens (tertiary/aromatic N) is 1. The molecule has 0 unspecified atom stereocenters. The van der Waals surface area contributed by atoms with E-state index < -0.39 is 11.8 Å². The van der Waals surface area contributed by atoms with Crippen molar-refractivity contribution in [3.05, 3.63) is 71.6 Å². The molecule has 0 radical (unpaired) electrons. The van der Waals surface area contributed by atoms with Crippen molar-refractivity contribution in [1.29, 1.82) is 0 Å². The van der Waals surface area contributed by atoms with E-state index in [0.717, 1.165) is 10.9 Å². The van der Waals surface area contributed by atoms with Crippen LogP contribution in [0.15, 0.2) is 66.0 Å².